The average molecular weight is 462 g/mol. The highest BCUT2D eigenvalue weighted by Crippen LogP contribution is 2.33. The van der Waals surface area contributed by atoms with Gasteiger partial charge < -0.3 is 20.7 Å². The van der Waals surface area contributed by atoms with Gasteiger partial charge in [-0.2, -0.15) is 0 Å². The molecule has 0 spiro atoms. The molecular formula is C21H30F4N4O3. The molecule has 1 aromatic rings. The quantitative estimate of drug-likeness (QED) is 0.551. The number of amides is 2. The molecule has 1 saturated heterocycles. The molecule has 1 heterocycles. The summed E-state index contributed by atoms with van der Waals surface area (Å²) in [6, 6.07) is 2.72. The number of hydrogen-bond acceptors (Lipinski definition) is 5. The fraction of sp³-hybridized carbons (Fsp3) is 0.619. The van der Waals surface area contributed by atoms with Gasteiger partial charge in [-0.05, 0) is 23.6 Å². The average Bonchev–Trinajstić information content (AvgIpc) is 2.67. The topological polar surface area (TPSA) is 87.9 Å². The van der Waals surface area contributed by atoms with Crippen LogP contribution < -0.4 is 16.0 Å². The maximum atomic E-state index is 13.7. The molecule has 0 radical (unpaired) electrons. The van der Waals surface area contributed by atoms with E-state index in [1.54, 1.807) is 0 Å². The zero-order valence-electron chi connectivity index (χ0n) is 18.4. The lowest BCUT2D eigenvalue weighted by Crippen LogP contribution is -2.52. The molecule has 1 aliphatic heterocycles. The van der Waals surface area contributed by atoms with Crippen LogP contribution in [-0.4, -0.2) is 68.6 Å². The summed E-state index contributed by atoms with van der Waals surface area (Å²) in [6.45, 7) is 5.00. The predicted octanol–water partition coefficient (Wildman–Crippen LogP) is 2.87. The van der Waals surface area contributed by atoms with E-state index in [1.165, 1.54) is 21.9 Å². The number of morpholine rings is 1. The Morgan fingerprint density at radius 2 is 1.97 bits per heavy atom. The van der Waals surface area contributed by atoms with Gasteiger partial charge in [-0.1, -0.05) is 20.8 Å². The van der Waals surface area contributed by atoms with Gasteiger partial charge in [-0.3, -0.25) is 14.5 Å². The van der Waals surface area contributed by atoms with Gasteiger partial charge in [-0.25, -0.2) is 17.6 Å². The molecule has 1 fully saturated rings. The number of carbonyl (C=O) groups excluding carboxylic acids is 2. The monoisotopic (exact) mass is 462 g/mol. The van der Waals surface area contributed by atoms with Crippen molar-refractivity contribution in [1.82, 2.24) is 4.90 Å². The Kier molecular flexibility index (Phi) is 8.99. The molecule has 0 saturated carbocycles. The summed E-state index contributed by atoms with van der Waals surface area (Å²) in [5.41, 5.74) is 5.00. The molecule has 0 aliphatic carbocycles. The number of ether oxygens (including phenoxy) is 1. The van der Waals surface area contributed by atoms with Gasteiger partial charge in [0.2, 0.25) is 5.91 Å². The first-order chi connectivity index (χ1) is 14.9. The number of carbonyl (C=O) groups is 2. The Morgan fingerprint density at radius 3 is 2.50 bits per heavy atom. The first-order valence-electron chi connectivity index (χ1n) is 10.3. The summed E-state index contributed by atoms with van der Waals surface area (Å²) in [5, 5.41) is 2.50. The molecule has 2 rings (SSSR count). The maximum Gasteiger partial charge on any atom is 0.265 e. The molecule has 0 unspecified atom stereocenters. The lowest BCUT2D eigenvalue weighted by atomic mass is 9.95. The van der Waals surface area contributed by atoms with Gasteiger partial charge in [0.25, 0.3) is 18.8 Å². The van der Waals surface area contributed by atoms with Crippen molar-refractivity contribution in [3.8, 4) is 0 Å². The summed E-state index contributed by atoms with van der Waals surface area (Å²) in [4.78, 5) is 27.4. The number of anilines is 2. The Bertz CT molecular complexity index is 802. The van der Waals surface area contributed by atoms with Gasteiger partial charge in [-0.15, -0.1) is 0 Å². The summed E-state index contributed by atoms with van der Waals surface area (Å²) in [5.74, 6) is -1.12. The highest BCUT2D eigenvalue weighted by Gasteiger charge is 2.31. The summed E-state index contributed by atoms with van der Waals surface area (Å²) >= 11 is 0. The van der Waals surface area contributed by atoms with Gasteiger partial charge in [0.05, 0.1) is 18.8 Å². The van der Waals surface area contributed by atoms with E-state index < -0.39 is 42.8 Å². The molecule has 0 bridgehead atoms. The van der Waals surface area contributed by atoms with Crippen LogP contribution >= 0.6 is 0 Å². The van der Waals surface area contributed by atoms with E-state index in [9.17, 15) is 27.2 Å². The van der Waals surface area contributed by atoms with Crippen molar-refractivity contribution >= 4 is 23.2 Å². The molecule has 3 N–H and O–H groups in total. The van der Waals surface area contributed by atoms with Crippen LogP contribution in [0.25, 0.3) is 0 Å². The van der Waals surface area contributed by atoms with Crippen molar-refractivity contribution in [3.05, 3.63) is 23.8 Å². The van der Waals surface area contributed by atoms with Crippen LogP contribution in [0.5, 0.6) is 0 Å². The van der Waals surface area contributed by atoms with E-state index in [4.69, 9.17) is 10.5 Å². The van der Waals surface area contributed by atoms with Gasteiger partial charge >= 0.3 is 0 Å². The standard InChI is InChI=1S/C21H30F4N4O3/c1-21(2,3)12-28(10-17(22)23)16(9-26)20(31)27-13-4-5-15(14(8-13)19(24)25)29-6-7-32-11-18(29)30/h4-5,8,16-17,19H,6-7,9-12,26H2,1-3H3,(H,27,31)/t16-/m0/s1. The normalized spacial score (nSPS) is 16.2. The first-order valence-corrected chi connectivity index (χ1v) is 10.3. The second kappa shape index (κ2) is 11.1. The van der Waals surface area contributed by atoms with Crippen molar-refractivity contribution < 1.29 is 31.9 Å². The number of benzene rings is 1. The van der Waals surface area contributed by atoms with Crippen LogP contribution in [-0.2, 0) is 14.3 Å². The fourth-order valence-corrected chi connectivity index (χ4v) is 3.56. The van der Waals surface area contributed by atoms with Crippen LogP contribution in [0.3, 0.4) is 0 Å². The highest BCUT2D eigenvalue weighted by molar-refractivity contribution is 5.97. The van der Waals surface area contributed by atoms with Crippen molar-refractivity contribution in [2.45, 2.75) is 39.7 Å². The third kappa shape index (κ3) is 7.14. The third-order valence-corrected chi connectivity index (χ3v) is 4.82. The van der Waals surface area contributed by atoms with Crippen molar-refractivity contribution in [3.63, 3.8) is 0 Å². The van der Waals surface area contributed by atoms with E-state index >= 15 is 0 Å². The minimum atomic E-state index is -2.90. The number of alkyl halides is 4. The smallest absolute Gasteiger partial charge is 0.265 e. The molecule has 180 valence electrons. The Hall–Kier alpha value is -2.24. The van der Waals surface area contributed by atoms with Gasteiger partial charge in [0.1, 0.15) is 12.6 Å². The highest BCUT2D eigenvalue weighted by atomic mass is 19.3. The van der Waals surface area contributed by atoms with Crippen LogP contribution in [0.2, 0.25) is 0 Å². The number of nitrogens with one attached hydrogen (secondary N) is 1. The lowest BCUT2D eigenvalue weighted by molar-refractivity contribution is -0.125. The number of nitrogens with zero attached hydrogens (tertiary/aromatic N) is 2. The van der Waals surface area contributed by atoms with E-state index in [0.29, 0.717) is 0 Å². The van der Waals surface area contributed by atoms with Gasteiger partial charge in [0, 0.05) is 30.9 Å². The largest absolute Gasteiger partial charge is 0.370 e. The molecule has 1 aromatic carbocycles. The number of hydrogen-bond donors (Lipinski definition) is 2. The second-order valence-electron chi connectivity index (χ2n) is 8.79. The SMILES string of the molecule is CC(C)(C)CN(CC(F)F)[C@@H](CN)C(=O)Nc1ccc(N2CCOCC2=O)c(C(F)F)c1. The van der Waals surface area contributed by atoms with Crippen LogP contribution in [0, 0.1) is 5.41 Å². The van der Waals surface area contributed by atoms with Gasteiger partial charge in [0.15, 0.2) is 0 Å². The zero-order chi connectivity index (χ0) is 24.1. The van der Waals surface area contributed by atoms with Crippen LogP contribution in [0.4, 0.5) is 28.9 Å². The number of nitrogens with two attached hydrogens (primary N) is 1. The molecule has 0 aromatic heterocycles. The second-order valence-corrected chi connectivity index (χ2v) is 8.79. The van der Waals surface area contributed by atoms with Crippen molar-refractivity contribution in [1.29, 1.82) is 0 Å². The summed E-state index contributed by atoms with van der Waals surface area (Å²) in [6.07, 6.45) is -5.57. The van der Waals surface area contributed by atoms with Crippen molar-refractivity contribution in [2.75, 3.05) is 49.6 Å². The van der Waals surface area contributed by atoms with E-state index in [1.807, 2.05) is 20.8 Å². The van der Waals surface area contributed by atoms with Crippen LogP contribution in [0.15, 0.2) is 18.2 Å². The zero-order valence-corrected chi connectivity index (χ0v) is 18.4. The summed E-state index contributed by atoms with van der Waals surface area (Å²) < 4.78 is 58.7. The van der Waals surface area contributed by atoms with Crippen molar-refractivity contribution in [2.24, 2.45) is 11.1 Å². The van der Waals surface area contributed by atoms with E-state index in [2.05, 4.69) is 5.32 Å². The third-order valence-electron chi connectivity index (χ3n) is 4.82. The molecular weight excluding hydrogens is 432 g/mol. The Labute approximate surface area is 184 Å². The number of rotatable bonds is 9. The summed E-state index contributed by atoms with van der Waals surface area (Å²) in [7, 11) is 0. The molecule has 2 amide bonds. The van der Waals surface area contributed by atoms with Crippen LogP contribution in [0.1, 0.15) is 32.8 Å². The minimum Gasteiger partial charge on any atom is -0.370 e. The Morgan fingerprint density at radius 1 is 1.28 bits per heavy atom. The Balaban J connectivity index is 2.26. The molecule has 32 heavy (non-hydrogen) atoms. The molecule has 11 heteroatoms. The minimum absolute atomic E-state index is 0.0359. The fourth-order valence-electron chi connectivity index (χ4n) is 3.56. The molecule has 1 aliphatic rings. The number of halogens is 4. The lowest BCUT2D eigenvalue weighted by Gasteiger charge is -2.34. The molecule has 7 nitrogen and oxygen atoms in total. The van der Waals surface area contributed by atoms with E-state index in [0.717, 1.165) is 6.07 Å². The molecule has 1 atom stereocenters. The predicted molar refractivity (Wildman–Crippen MR) is 113 cm³/mol. The van der Waals surface area contributed by atoms with E-state index in [-0.39, 0.29) is 49.6 Å². The maximum absolute atomic E-state index is 13.7. The first kappa shape index (κ1) is 26.0.